The van der Waals surface area contributed by atoms with Gasteiger partial charge in [0, 0.05) is 24.1 Å². The van der Waals surface area contributed by atoms with Crippen LogP contribution in [0.4, 0.5) is 0 Å². The van der Waals surface area contributed by atoms with Crippen molar-refractivity contribution in [1.29, 1.82) is 0 Å². The molecule has 0 radical (unpaired) electrons. The number of hydrogen-bond donors (Lipinski definition) is 5. The number of benzene rings is 2. The number of aromatic hydroxyl groups is 4. The zero-order valence-electron chi connectivity index (χ0n) is 10.9. The van der Waals surface area contributed by atoms with Crippen LogP contribution >= 0.6 is 0 Å². The van der Waals surface area contributed by atoms with E-state index in [1.54, 1.807) is 0 Å². The van der Waals surface area contributed by atoms with E-state index in [0.29, 0.717) is 11.1 Å². The molecule has 0 spiro atoms. The van der Waals surface area contributed by atoms with Gasteiger partial charge in [-0.2, -0.15) is 0 Å². The van der Waals surface area contributed by atoms with Gasteiger partial charge in [0.25, 0.3) is 0 Å². The topological polar surface area (TPSA) is 110 Å². The summed E-state index contributed by atoms with van der Waals surface area (Å²) in [4.78, 5) is 0. The smallest absolute Gasteiger partial charge is 0.157 e. The molecule has 1 aliphatic heterocycles. The highest BCUT2D eigenvalue weighted by atomic mass is 16.6. The maximum absolute atomic E-state index is 10.2. The zero-order valence-corrected chi connectivity index (χ0v) is 10.9. The first kappa shape index (κ1) is 13.4. The molecule has 110 valence electrons. The first-order valence-corrected chi connectivity index (χ1v) is 6.37. The monoisotopic (exact) mass is 293 g/mol. The Balaban J connectivity index is 2.00. The van der Waals surface area contributed by atoms with Gasteiger partial charge >= 0.3 is 0 Å². The number of rotatable bonds is 1. The van der Waals surface area contributed by atoms with Crippen molar-refractivity contribution in [3.8, 4) is 28.7 Å². The Morgan fingerprint density at radius 1 is 0.905 bits per heavy atom. The van der Waals surface area contributed by atoms with Crippen molar-refractivity contribution in [2.24, 2.45) is 0 Å². The van der Waals surface area contributed by atoms with Crippen LogP contribution in [0, 0.1) is 0 Å². The Kier molecular flexibility index (Phi) is 3.03. The third-order valence-corrected chi connectivity index (χ3v) is 3.51. The molecule has 2 atom stereocenters. The minimum atomic E-state index is -0.933. The molecule has 21 heavy (non-hydrogen) atoms. The quantitative estimate of drug-likeness (QED) is 0.403. The average Bonchev–Trinajstić information content (AvgIpc) is 2.42. The Morgan fingerprint density at radius 3 is 2.38 bits per heavy atom. The third kappa shape index (κ3) is 2.30. The van der Waals surface area contributed by atoms with E-state index in [2.05, 4.69) is 0 Å². The highest BCUT2D eigenvalue weighted by molar-refractivity contribution is 5.52. The molecule has 6 nitrogen and oxygen atoms in total. The van der Waals surface area contributed by atoms with Gasteiger partial charge in [0.05, 0.1) is 6.10 Å². The van der Waals surface area contributed by atoms with Gasteiger partial charge in [-0.3, -0.25) is 0 Å². The van der Waals surface area contributed by atoms with Crippen LogP contribution in [0.2, 0.25) is 0 Å². The average molecular weight is 293 g/mol. The van der Waals surface area contributed by atoms with E-state index in [4.69, 9.17) is 4.74 Å². The van der Waals surface area contributed by atoms with E-state index in [-0.39, 0.29) is 35.2 Å². The van der Waals surface area contributed by atoms with Gasteiger partial charge in [-0.25, -0.2) is 0 Å². The fourth-order valence-electron chi connectivity index (χ4n) is 2.47. The van der Waals surface area contributed by atoms with Crippen LogP contribution in [-0.2, 0) is 6.42 Å². The van der Waals surface area contributed by atoms with Gasteiger partial charge in [0.15, 0.2) is 11.5 Å². The van der Waals surface area contributed by atoms with E-state index in [9.17, 15) is 25.5 Å². The largest absolute Gasteiger partial charge is 0.508 e. The van der Waals surface area contributed by atoms with Gasteiger partial charge in [0.2, 0.25) is 0 Å². The Morgan fingerprint density at radius 2 is 1.67 bits per heavy atom. The summed E-state index contributed by atoms with van der Waals surface area (Å²) in [5.41, 5.74) is 0.894. The molecule has 0 saturated heterocycles. The predicted octanol–water partition coefficient (Wildman–Crippen LogP) is 1.55. The molecule has 3 rings (SSSR count). The number of aliphatic hydroxyl groups excluding tert-OH is 1. The summed E-state index contributed by atoms with van der Waals surface area (Å²) in [7, 11) is 0. The molecule has 0 fully saturated rings. The first-order chi connectivity index (χ1) is 9.95. The summed E-state index contributed by atoms with van der Waals surface area (Å²) in [6, 6.07) is 6.67. The van der Waals surface area contributed by atoms with Crippen LogP contribution in [-0.4, -0.2) is 31.6 Å². The van der Waals surface area contributed by atoms with Crippen molar-refractivity contribution in [2.75, 3.05) is 0 Å². The van der Waals surface area contributed by atoms with Crippen LogP contribution < -0.4 is 4.74 Å². The molecule has 0 amide bonds. The van der Waals surface area contributed by atoms with Crippen molar-refractivity contribution in [3.05, 3.63) is 41.5 Å². The van der Waals surface area contributed by atoms with Gasteiger partial charge < -0.3 is 30.3 Å². The summed E-state index contributed by atoms with van der Waals surface area (Å²) >= 11 is 0. The molecular formula is C15H14O6. The SMILES string of the molecule is Oc1cc(O)c2c(c1)O[13C@@H](c1ccc(O)c(O)c1)[13C@H](O)[13CH2]2. The van der Waals surface area contributed by atoms with Gasteiger partial charge in [-0.15, -0.1) is 0 Å². The summed E-state index contributed by atoms with van der Waals surface area (Å²) in [5.74, 6) is -0.589. The summed E-state index contributed by atoms with van der Waals surface area (Å²) in [5, 5.41) is 48.3. The number of ether oxygens (including phenoxy) is 1. The molecular weight excluding hydrogens is 279 g/mol. The highest BCUT2D eigenvalue weighted by Gasteiger charge is 2.32. The fourth-order valence-corrected chi connectivity index (χ4v) is 2.47. The molecule has 0 unspecified atom stereocenters. The van der Waals surface area contributed by atoms with Gasteiger partial charge in [0.1, 0.15) is 23.4 Å². The second kappa shape index (κ2) is 4.75. The predicted molar refractivity (Wildman–Crippen MR) is 72.6 cm³/mol. The van der Waals surface area contributed by atoms with E-state index in [0.717, 1.165) is 0 Å². The summed E-state index contributed by atoms with van der Waals surface area (Å²) < 4.78 is 5.62. The normalized spacial score (nSPS) is 20.6. The van der Waals surface area contributed by atoms with E-state index < -0.39 is 12.2 Å². The molecule has 0 aliphatic carbocycles. The molecule has 2 aromatic rings. The van der Waals surface area contributed by atoms with Crippen molar-refractivity contribution >= 4 is 0 Å². The van der Waals surface area contributed by atoms with Crippen molar-refractivity contribution in [1.82, 2.24) is 0 Å². The summed E-state index contributed by atoms with van der Waals surface area (Å²) in [6.45, 7) is 0. The lowest BCUT2D eigenvalue weighted by atomic mass is 10.2. The van der Waals surface area contributed by atoms with Crippen LogP contribution in [0.1, 0.15) is 17.2 Å². The number of fused-ring (bicyclic) bond motifs is 1. The summed E-state index contributed by atoms with van der Waals surface area (Å²) in [6.07, 6.45) is -1.56. The number of phenols is 4. The number of hydrogen-bond acceptors (Lipinski definition) is 6. The molecule has 1 aliphatic rings. The van der Waals surface area contributed by atoms with E-state index in [1.165, 1.54) is 30.3 Å². The van der Waals surface area contributed by atoms with E-state index in [1.807, 2.05) is 0 Å². The second-order valence-corrected chi connectivity index (χ2v) is 5.00. The Bertz CT molecular complexity index is 697. The zero-order chi connectivity index (χ0) is 15.1. The molecule has 0 aromatic heterocycles. The first-order valence-electron chi connectivity index (χ1n) is 6.37. The minimum absolute atomic E-state index is 0.143. The Labute approximate surface area is 120 Å². The fraction of sp³-hybridized carbons (Fsp3) is 0.200. The van der Waals surface area contributed by atoms with Crippen LogP contribution in [0.5, 0.6) is 28.7 Å². The van der Waals surface area contributed by atoms with Crippen LogP contribution in [0.25, 0.3) is 0 Å². The van der Waals surface area contributed by atoms with Crippen LogP contribution in [0.3, 0.4) is 0 Å². The molecule has 1 heterocycles. The lowest BCUT2D eigenvalue weighted by molar-refractivity contribution is 0.0197. The van der Waals surface area contributed by atoms with Crippen molar-refractivity contribution in [3.63, 3.8) is 0 Å². The lowest BCUT2D eigenvalue weighted by Gasteiger charge is -2.31. The lowest BCUT2D eigenvalue weighted by Crippen LogP contribution is -2.30. The van der Waals surface area contributed by atoms with Crippen molar-refractivity contribution in [2.45, 2.75) is 18.6 Å². The molecule has 6 heteroatoms. The van der Waals surface area contributed by atoms with E-state index >= 15 is 0 Å². The second-order valence-electron chi connectivity index (χ2n) is 5.00. The number of phenolic OH excluding ortho intramolecular Hbond substituents is 4. The van der Waals surface area contributed by atoms with Gasteiger partial charge in [-0.05, 0) is 17.7 Å². The Hall–Kier alpha value is -2.60. The van der Waals surface area contributed by atoms with Gasteiger partial charge in [-0.1, -0.05) is 6.07 Å². The van der Waals surface area contributed by atoms with Crippen molar-refractivity contribution < 1.29 is 30.3 Å². The maximum Gasteiger partial charge on any atom is 0.157 e. The standard InChI is InChI=1S/C15H14O6/c16-8-4-11(18)9-6-13(20)15(21-14(9)5-8)7-1-2-10(17)12(19)3-7/h1-5,13,15-20H,6H2/t13-,15+/m1/s1/i6+1,13+1,15+1. The highest BCUT2D eigenvalue weighted by Crippen LogP contribution is 2.42. The molecule has 5 N–H and O–H groups in total. The molecule has 0 bridgehead atoms. The molecule has 0 saturated carbocycles. The molecule has 2 aromatic carbocycles. The van der Waals surface area contributed by atoms with Crippen LogP contribution in [0.15, 0.2) is 30.3 Å². The third-order valence-electron chi connectivity index (χ3n) is 3.51. The maximum atomic E-state index is 10.2. The number of aliphatic hydroxyl groups is 1. The minimum Gasteiger partial charge on any atom is -0.508 e.